The lowest BCUT2D eigenvalue weighted by atomic mass is 10.0. The predicted octanol–water partition coefficient (Wildman–Crippen LogP) is 3.38. The SMILES string of the molecule is CCCCCCCCCCCCCCCCCC(=O)OCC(O)C1OC(=O)C(OCC(O)CO)C1=O. The number of esters is 2. The number of rotatable bonds is 23. The van der Waals surface area contributed by atoms with E-state index in [0.717, 1.165) is 12.8 Å². The molecule has 9 heteroatoms. The Bertz CT molecular complexity index is 610. The molecule has 9 nitrogen and oxygen atoms in total. The van der Waals surface area contributed by atoms with Crippen molar-refractivity contribution in [3.8, 4) is 0 Å². The van der Waals surface area contributed by atoms with Crippen LogP contribution in [0.2, 0.25) is 0 Å². The summed E-state index contributed by atoms with van der Waals surface area (Å²) < 4.78 is 14.8. The third-order valence-corrected chi connectivity index (χ3v) is 6.41. The first-order valence-corrected chi connectivity index (χ1v) is 13.9. The van der Waals surface area contributed by atoms with Crippen LogP contribution in [-0.4, -0.2) is 77.3 Å². The predicted molar refractivity (Wildman–Crippen MR) is 134 cm³/mol. The lowest BCUT2D eigenvalue weighted by Crippen LogP contribution is -2.39. The number of Topliss-reactive ketones (excluding diaryl/α,β-unsaturated/α-hetero) is 1. The van der Waals surface area contributed by atoms with Crippen molar-refractivity contribution in [1.82, 2.24) is 0 Å². The van der Waals surface area contributed by atoms with Gasteiger partial charge in [-0.2, -0.15) is 0 Å². The van der Waals surface area contributed by atoms with Gasteiger partial charge in [0.15, 0.2) is 6.10 Å². The number of ketones is 1. The Kier molecular flexibility index (Phi) is 18.5. The molecule has 1 saturated heterocycles. The largest absolute Gasteiger partial charge is 0.463 e. The summed E-state index contributed by atoms with van der Waals surface area (Å²) in [7, 11) is 0. The third-order valence-electron chi connectivity index (χ3n) is 6.41. The second-order valence-corrected chi connectivity index (χ2v) is 9.76. The number of carbonyl (C=O) groups is 3. The van der Waals surface area contributed by atoms with Crippen molar-refractivity contribution in [3.63, 3.8) is 0 Å². The van der Waals surface area contributed by atoms with Crippen LogP contribution >= 0.6 is 0 Å². The van der Waals surface area contributed by atoms with Crippen molar-refractivity contribution in [2.45, 2.75) is 134 Å². The fourth-order valence-electron chi connectivity index (χ4n) is 4.17. The summed E-state index contributed by atoms with van der Waals surface area (Å²) in [6.45, 7) is 0.763. The van der Waals surface area contributed by atoms with Gasteiger partial charge in [-0.3, -0.25) is 9.59 Å². The van der Waals surface area contributed by atoms with Crippen molar-refractivity contribution >= 4 is 17.7 Å². The summed E-state index contributed by atoms with van der Waals surface area (Å²) in [5.74, 6) is -2.27. The number of cyclic esters (lactones) is 1. The zero-order valence-corrected chi connectivity index (χ0v) is 22.0. The Morgan fingerprint density at radius 1 is 0.833 bits per heavy atom. The van der Waals surface area contributed by atoms with Gasteiger partial charge in [0.25, 0.3) is 0 Å². The van der Waals surface area contributed by atoms with E-state index in [2.05, 4.69) is 6.92 Å². The van der Waals surface area contributed by atoms with Crippen molar-refractivity contribution < 1.29 is 43.9 Å². The maximum absolute atomic E-state index is 12.2. The van der Waals surface area contributed by atoms with Crippen LogP contribution in [0.1, 0.15) is 110 Å². The van der Waals surface area contributed by atoms with Crippen LogP contribution < -0.4 is 0 Å². The Morgan fingerprint density at radius 3 is 1.83 bits per heavy atom. The van der Waals surface area contributed by atoms with Gasteiger partial charge < -0.3 is 29.5 Å². The second-order valence-electron chi connectivity index (χ2n) is 9.76. The van der Waals surface area contributed by atoms with E-state index in [4.69, 9.17) is 19.3 Å². The highest BCUT2D eigenvalue weighted by Gasteiger charge is 2.48. The Morgan fingerprint density at radius 2 is 1.33 bits per heavy atom. The summed E-state index contributed by atoms with van der Waals surface area (Å²) in [6, 6.07) is 0. The molecule has 1 heterocycles. The van der Waals surface area contributed by atoms with E-state index in [0.29, 0.717) is 6.42 Å². The monoisotopic (exact) mass is 516 g/mol. The lowest BCUT2D eigenvalue weighted by molar-refractivity contribution is -0.157. The lowest BCUT2D eigenvalue weighted by Gasteiger charge is -2.16. The van der Waals surface area contributed by atoms with Crippen LogP contribution in [0, 0.1) is 0 Å². The van der Waals surface area contributed by atoms with Gasteiger partial charge in [-0.1, -0.05) is 96.8 Å². The summed E-state index contributed by atoms with van der Waals surface area (Å²) >= 11 is 0. The number of aliphatic hydroxyl groups is 3. The van der Waals surface area contributed by atoms with Crippen molar-refractivity contribution in [3.05, 3.63) is 0 Å². The van der Waals surface area contributed by atoms with E-state index in [1.54, 1.807) is 0 Å². The van der Waals surface area contributed by atoms with E-state index in [1.165, 1.54) is 77.0 Å². The Labute approximate surface area is 215 Å². The first-order chi connectivity index (χ1) is 17.4. The number of ether oxygens (including phenoxy) is 3. The average Bonchev–Trinajstić information content (AvgIpc) is 3.16. The summed E-state index contributed by atoms with van der Waals surface area (Å²) in [5.41, 5.74) is 0. The molecule has 1 fully saturated rings. The summed E-state index contributed by atoms with van der Waals surface area (Å²) in [5, 5.41) is 28.1. The fourth-order valence-corrected chi connectivity index (χ4v) is 4.17. The van der Waals surface area contributed by atoms with Crippen molar-refractivity contribution in [2.24, 2.45) is 0 Å². The minimum atomic E-state index is -1.58. The number of hydrogen-bond acceptors (Lipinski definition) is 9. The van der Waals surface area contributed by atoms with Crippen LogP contribution in [0.3, 0.4) is 0 Å². The molecule has 210 valence electrons. The van der Waals surface area contributed by atoms with Gasteiger partial charge in [-0.25, -0.2) is 4.79 Å². The molecule has 0 aromatic heterocycles. The van der Waals surface area contributed by atoms with E-state index in [1.807, 2.05) is 0 Å². The molecule has 1 aliphatic heterocycles. The van der Waals surface area contributed by atoms with Gasteiger partial charge in [0, 0.05) is 6.42 Å². The zero-order chi connectivity index (χ0) is 26.6. The molecule has 3 N–H and O–H groups in total. The van der Waals surface area contributed by atoms with Crippen molar-refractivity contribution in [2.75, 3.05) is 19.8 Å². The smallest absolute Gasteiger partial charge is 0.344 e. The Balaban J connectivity index is 2.00. The topological polar surface area (TPSA) is 140 Å². The van der Waals surface area contributed by atoms with Crippen LogP contribution in [-0.2, 0) is 28.6 Å². The molecule has 4 atom stereocenters. The molecule has 1 rings (SSSR count). The quantitative estimate of drug-likeness (QED) is 0.106. The summed E-state index contributed by atoms with van der Waals surface area (Å²) in [4.78, 5) is 35.9. The molecule has 0 amide bonds. The highest BCUT2D eigenvalue weighted by molar-refractivity contribution is 6.09. The highest BCUT2D eigenvalue weighted by atomic mass is 16.6. The van der Waals surface area contributed by atoms with E-state index >= 15 is 0 Å². The molecule has 36 heavy (non-hydrogen) atoms. The number of hydrogen-bond donors (Lipinski definition) is 3. The van der Waals surface area contributed by atoms with Gasteiger partial charge >= 0.3 is 11.9 Å². The Hall–Kier alpha value is -1.55. The molecule has 4 unspecified atom stereocenters. The summed E-state index contributed by atoms with van der Waals surface area (Å²) in [6.07, 6.45) is 13.0. The zero-order valence-electron chi connectivity index (χ0n) is 22.0. The molecule has 0 spiro atoms. The average molecular weight is 517 g/mol. The maximum atomic E-state index is 12.2. The molecule has 0 aromatic rings. The number of aliphatic hydroxyl groups excluding tert-OH is 3. The number of unbranched alkanes of at least 4 members (excludes halogenated alkanes) is 14. The molecule has 0 bridgehead atoms. The van der Waals surface area contributed by atoms with Crippen LogP contribution in [0.25, 0.3) is 0 Å². The van der Waals surface area contributed by atoms with E-state index in [-0.39, 0.29) is 6.42 Å². The van der Waals surface area contributed by atoms with E-state index in [9.17, 15) is 24.6 Å². The molecule has 1 aliphatic rings. The third kappa shape index (κ3) is 14.3. The van der Waals surface area contributed by atoms with Gasteiger partial charge in [-0.15, -0.1) is 0 Å². The number of carbonyl (C=O) groups excluding carboxylic acids is 3. The van der Waals surface area contributed by atoms with Crippen LogP contribution in [0.4, 0.5) is 0 Å². The van der Waals surface area contributed by atoms with Crippen LogP contribution in [0.5, 0.6) is 0 Å². The first-order valence-electron chi connectivity index (χ1n) is 13.9. The molecule has 0 aromatic carbocycles. The molecular formula is C27H48O9. The van der Waals surface area contributed by atoms with Gasteiger partial charge in [0.05, 0.1) is 13.2 Å². The van der Waals surface area contributed by atoms with E-state index < -0.39 is 62.0 Å². The minimum absolute atomic E-state index is 0.230. The van der Waals surface area contributed by atoms with Gasteiger partial charge in [0.1, 0.15) is 18.8 Å². The van der Waals surface area contributed by atoms with Gasteiger partial charge in [-0.05, 0) is 6.42 Å². The van der Waals surface area contributed by atoms with Crippen LogP contribution in [0.15, 0.2) is 0 Å². The first kappa shape index (κ1) is 32.5. The maximum Gasteiger partial charge on any atom is 0.344 e. The highest BCUT2D eigenvalue weighted by Crippen LogP contribution is 2.19. The molecule has 0 saturated carbocycles. The second kappa shape index (κ2) is 20.5. The van der Waals surface area contributed by atoms with Crippen molar-refractivity contribution in [1.29, 1.82) is 0 Å². The van der Waals surface area contributed by atoms with Gasteiger partial charge in [0.2, 0.25) is 11.9 Å². The minimum Gasteiger partial charge on any atom is -0.463 e. The molecular weight excluding hydrogens is 468 g/mol. The normalized spacial score (nSPS) is 19.3. The standard InChI is InChI=1S/C27H48O9/c1-2-3-4-5-6-7-8-9-10-11-12-13-14-15-16-17-23(31)34-20-22(30)25-24(32)26(27(33)36-25)35-19-21(29)18-28/h21-22,25-26,28-30H,2-20H2,1H3. The fraction of sp³-hybridized carbons (Fsp3) is 0.889. The molecule has 0 aliphatic carbocycles. The molecule has 0 radical (unpaired) electrons.